The molecule has 168 valence electrons. The molecule has 1 spiro atoms. The molecule has 7 heteroatoms. The third kappa shape index (κ3) is 4.91. The van der Waals surface area contributed by atoms with Crippen LogP contribution in [0.1, 0.15) is 57.1 Å². The van der Waals surface area contributed by atoms with E-state index in [-0.39, 0.29) is 17.8 Å². The van der Waals surface area contributed by atoms with Crippen LogP contribution in [0.3, 0.4) is 0 Å². The minimum Gasteiger partial charge on any atom is -0.376 e. The summed E-state index contributed by atoms with van der Waals surface area (Å²) >= 11 is 0. The Morgan fingerprint density at radius 3 is 2.70 bits per heavy atom. The Morgan fingerprint density at radius 2 is 1.93 bits per heavy atom. The Bertz CT molecular complexity index is 830. The fraction of sp³-hybridized carbons (Fsp3) is 0.739. The lowest BCUT2D eigenvalue weighted by Gasteiger charge is -2.45. The molecule has 6 nitrogen and oxygen atoms in total. The predicted molar refractivity (Wildman–Crippen MR) is 115 cm³/mol. The second-order valence-corrected chi connectivity index (χ2v) is 11.1. The van der Waals surface area contributed by atoms with Crippen LogP contribution in [0.25, 0.3) is 0 Å². The minimum absolute atomic E-state index is 0.161. The van der Waals surface area contributed by atoms with E-state index in [1.54, 1.807) is 10.4 Å². The van der Waals surface area contributed by atoms with Gasteiger partial charge in [0.05, 0.1) is 35.9 Å². The molecule has 1 aromatic rings. The Hall–Kier alpha value is -0.990. The van der Waals surface area contributed by atoms with Gasteiger partial charge in [0.25, 0.3) is 0 Å². The van der Waals surface area contributed by atoms with Crippen molar-refractivity contribution in [3.8, 4) is 0 Å². The van der Waals surface area contributed by atoms with Crippen LogP contribution >= 0.6 is 0 Å². The molecule has 30 heavy (non-hydrogen) atoms. The van der Waals surface area contributed by atoms with Gasteiger partial charge in [-0.3, -0.25) is 0 Å². The van der Waals surface area contributed by atoms with Crippen LogP contribution in [0, 0.1) is 0 Å². The molecule has 0 N–H and O–H groups in total. The van der Waals surface area contributed by atoms with Gasteiger partial charge in [-0.1, -0.05) is 6.07 Å². The van der Waals surface area contributed by atoms with Crippen LogP contribution < -0.4 is 0 Å². The molecular formula is C23H35NO5S. The van der Waals surface area contributed by atoms with Crippen molar-refractivity contribution in [2.24, 2.45) is 0 Å². The molecule has 1 aliphatic carbocycles. The summed E-state index contributed by atoms with van der Waals surface area (Å²) in [6.07, 6.45) is 6.71. The van der Waals surface area contributed by atoms with Crippen molar-refractivity contribution >= 4 is 10.0 Å². The van der Waals surface area contributed by atoms with Gasteiger partial charge in [-0.15, -0.1) is 0 Å². The normalized spacial score (nSPS) is 24.4. The van der Waals surface area contributed by atoms with Crippen LogP contribution in [0.5, 0.6) is 0 Å². The van der Waals surface area contributed by atoms with E-state index in [4.69, 9.17) is 14.2 Å². The summed E-state index contributed by atoms with van der Waals surface area (Å²) < 4.78 is 45.8. The number of hydrogen-bond donors (Lipinski definition) is 0. The topological polar surface area (TPSA) is 65.1 Å². The van der Waals surface area contributed by atoms with Crippen molar-refractivity contribution in [2.45, 2.75) is 81.5 Å². The maximum atomic E-state index is 13.2. The second-order valence-electron chi connectivity index (χ2n) is 9.12. The summed E-state index contributed by atoms with van der Waals surface area (Å²) in [5.41, 5.74) is 2.24. The third-order valence-corrected chi connectivity index (χ3v) is 8.57. The molecule has 0 aromatic heterocycles. The zero-order valence-electron chi connectivity index (χ0n) is 18.3. The molecule has 4 rings (SSSR count). The zero-order valence-corrected chi connectivity index (χ0v) is 19.1. The fourth-order valence-electron chi connectivity index (χ4n) is 4.96. The van der Waals surface area contributed by atoms with Gasteiger partial charge in [0.1, 0.15) is 0 Å². The molecule has 1 atom stereocenters. The maximum absolute atomic E-state index is 13.2. The Morgan fingerprint density at radius 1 is 1.17 bits per heavy atom. The SMILES string of the molecule is CC(C)OCCOC1CCOC2(CCN(S(=O)(=O)c3ccc4c(c3)CCC4)CC2)C1. The average Bonchev–Trinajstić information content (AvgIpc) is 3.19. The standard InChI is InChI=1S/C23H35NO5S/c1-18(2)27-14-15-28-21-8-13-29-23(17-21)9-11-24(12-10-23)30(25,26)22-7-6-19-4-3-5-20(19)16-22/h6-7,16,18,21H,3-5,8-15,17H2,1-2H3. The summed E-state index contributed by atoms with van der Waals surface area (Å²) in [5, 5.41) is 0. The van der Waals surface area contributed by atoms with E-state index < -0.39 is 10.0 Å². The quantitative estimate of drug-likeness (QED) is 0.613. The van der Waals surface area contributed by atoms with E-state index in [9.17, 15) is 8.42 Å². The van der Waals surface area contributed by atoms with Gasteiger partial charge in [0.2, 0.25) is 10.0 Å². The van der Waals surface area contributed by atoms with Crippen LogP contribution in [0.2, 0.25) is 0 Å². The number of ether oxygens (including phenoxy) is 3. The smallest absolute Gasteiger partial charge is 0.243 e. The van der Waals surface area contributed by atoms with E-state index in [2.05, 4.69) is 0 Å². The van der Waals surface area contributed by atoms with Crippen molar-refractivity contribution in [1.82, 2.24) is 4.31 Å². The predicted octanol–water partition coefficient (Wildman–Crippen LogP) is 3.32. The molecule has 0 radical (unpaired) electrons. The molecule has 3 aliphatic rings. The van der Waals surface area contributed by atoms with Gasteiger partial charge in [-0.25, -0.2) is 8.42 Å². The Labute approximate surface area is 180 Å². The summed E-state index contributed by atoms with van der Waals surface area (Å²) in [6.45, 7) is 6.92. The Balaban J connectivity index is 1.33. The van der Waals surface area contributed by atoms with E-state index in [1.165, 1.54) is 11.1 Å². The highest BCUT2D eigenvalue weighted by molar-refractivity contribution is 7.89. The third-order valence-electron chi connectivity index (χ3n) is 6.68. The lowest BCUT2D eigenvalue weighted by Crippen LogP contribution is -2.52. The zero-order chi connectivity index (χ0) is 21.2. The number of nitrogens with zero attached hydrogens (tertiary/aromatic N) is 1. The highest BCUT2D eigenvalue weighted by atomic mass is 32.2. The number of benzene rings is 1. The van der Waals surface area contributed by atoms with Crippen LogP contribution in [-0.2, 0) is 37.1 Å². The van der Waals surface area contributed by atoms with Gasteiger partial charge in [-0.2, -0.15) is 4.31 Å². The summed E-state index contributed by atoms with van der Waals surface area (Å²) in [7, 11) is -3.45. The highest BCUT2D eigenvalue weighted by Gasteiger charge is 2.43. The molecule has 0 amide bonds. The molecule has 1 unspecified atom stereocenters. The van der Waals surface area contributed by atoms with E-state index in [0.717, 1.165) is 44.9 Å². The second kappa shape index (κ2) is 9.25. The first-order valence-corrected chi connectivity index (χ1v) is 12.8. The fourth-order valence-corrected chi connectivity index (χ4v) is 6.46. The van der Waals surface area contributed by atoms with Crippen LogP contribution in [-0.4, -0.2) is 63.4 Å². The molecule has 2 heterocycles. The molecule has 2 aliphatic heterocycles. The van der Waals surface area contributed by atoms with Crippen LogP contribution in [0.15, 0.2) is 23.1 Å². The van der Waals surface area contributed by atoms with Gasteiger partial charge < -0.3 is 14.2 Å². The first kappa shape index (κ1) is 22.2. The van der Waals surface area contributed by atoms with E-state index >= 15 is 0 Å². The van der Waals surface area contributed by atoms with Crippen molar-refractivity contribution < 1.29 is 22.6 Å². The van der Waals surface area contributed by atoms with E-state index in [1.807, 2.05) is 26.0 Å². The van der Waals surface area contributed by atoms with Crippen molar-refractivity contribution in [3.63, 3.8) is 0 Å². The number of piperidine rings is 1. The van der Waals surface area contributed by atoms with Gasteiger partial charge in [-0.05, 0) is 75.6 Å². The van der Waals surface area contributed by atoms with Gasteiger partial charge in [0.15, 0.2) is 0 Å². The number of aryl methyl sites for hydroxylation is 2. The monoisotopic (exact) mass is 437 g/mol. The number of hydrogen-bond acceptors (Lipinski definition) is 5. The summed E-state index contributed by atoms with van der Waals surface area (Å²) in [5.74, 6) is 0. The van der Waals surface area contributed by atoms with Crippen LogP contribution in [0.4, 0.5) is 0 Å². The molecule has 1 aromatic carbocycles. The van der Waals surface area contributed by atoms with Gasteiger partial charge in [0, 0.05) is 26.1 Å². The number of rotatable bonds is 7. The maximum Gasteiger partial charge on any atom is 0.243 e. The first-order chi connectivity index (χ1) is 14.4. The van der Waals surface area contributed by atoms with Crippen molar-refractivity contribution in [1.29, 1.82) is 0 Å². The Kier molecular flexibility index (Phi) is 6.85. The van der Waals surface area contributed by atoms with Gasteiger partial charge >= 0.3 is 0 Å². The first-order valence-electron chi connectivity index (χ1n) is 11.4. The minimum atomic E-state index is -3.45. The lowest BCUT2D eigenvalue weighted by atomic mass is 9.84. The molecule has 0 bridgehead atoms. The van der Waals surface area contributed by atoms with Crippen molar-refractivity contribution in [2.75, 3.05) is 32.9 Å². The highest BCUT2D eigenvalue weighted by Crippen LogP contribution is 2.37. The van der Waals surface area contributed by atoms with E-state index in [0.29, 0.717) is 37.8 Å². The summed E-state index contributed by atoms with van der Waals surface area (Å²) in [4.78, 5) is 0.440. The molecule has 2 fully saturated rings. The summed E-state index contributed by atoms with van der Waals surface area (Å²) in [6, 6.07) is 5.67. The van der Waals surface area contributed by atoms with Crippen molar-refractivity contribution in [3.05, 3.63) is 29.3 Å². The average molecular weight is 438 g/mol. The number of sulfonamides is 1. The molecule has 0 saturated carbocycles. The molecular weight excluding hydrogens is 402 g/mol. The number of fused-ring (bicyclic) bond motifs is 1. The molecule has 2 saturated heterocycles. The largest absolute Gasteiger partial charge is 0.376 e. The lowest BCUT2D eigenvalue weighted by molar-refractivity contribution is -0.154.